The van der Waals surface area contributed by atoms with E-state index in [0.717, 1.165) is 38.1 Å². The first kappa shape index (κ1) is 38.9. The molecule has 260 valence electrons. The molecule has 3 amide bonds. The average molecular weight is 663 g/mol. The zero-order valence-corrected chi connectivity index (χ0v) is 28.0. The van der Waals surface area contributed by atoms with Gasteiger partial charge in [-0.2, -0.15) is 0 Å². The minimum absolute atomic E-state index is 0.00196. The second-order valence-electron chi connectivity index (χ2n) is 13.2. The number of alkyl carbamates (subject to hydrolysis) is 2. The molecule has 0 saturated carbocycles. The number of hydrogen-bond donors (Lipinski definition) is 4. The van der Waals surface area contributed by atoms with Gasteiger partial charge in [0.15, 0.2) is 0 Å². The fraction of sp³-hybridized carbons (Fsp3) is 0.529. The average Bonchev–Trinajstić information content (AvgIpc) is 2.97. The Bertz CT molecular complexity index is 1300. The Hall–Kier alpha value is -4.26. The van der Waals surface area contributed by atoms with Crippen molar-refractivity contribution >= 4 is 24.1 Å². The molecule has 2 aliphatic heterocycles. The number of amides is 3. The summed E-state index contributed by atoms with van der Waals surface area (Å²) in [5, 5.41) is 17.3. The summed E-state index contributed by atoms with van der Waals surface area (Å²) in [6.07, 6.45) is 2.59. The summed E-state index contributed by atoms with van der Waals surface area (Å²) in [7, 11) is 0. The molecular weight excluding hydrogens is 614 g/mol. The monoisotopic (exact) mass is 662 g/mol. The molecule has 4 rings (SSSR count). The Morgan fingerprint density at radius 3 is 1.47 bits per heavy atom. The SMILES string of the molecule is CC(C)(C)OC(=O)NC1CCN(C(=O)c2ccc(F)cc2)CC1.CC(C)(C)OC(=O)NC1CCNCC1.O=C(O)c1ccc(F)cc1. The predicted molar refractivity (Wildman–Crippen MR) is 173 cm³/mol. The van der Waals surface area contributed by atoms with Crippen molar-refractivity contribution in [2.45, 2.75) is 90.5 Å². The Morgan fingerprint density at radius 1 is 0.702 bits per heavy atom. The fourth-order valence-electron chi connectivity index (χ4n) is 4.51. The number of ether oxygens (including phenoxy) is 2. The van der Waals surface area contributed by atoms with E-state index in [1.54, 1.807) is 4.90 Å². The molecule has 2 heterocycles. The minimum atomic E-state index is -1.04. The lowest BCUT2D eigenvalue weighted by molar-refractivity contribution is 0.0466. The van der Waals surface area contributed by atoms with E-state index in [4.69, 9.17) is 14.6 Å². The molecule has 2 saturated heterocycles. The van der Waals surface area contributed by atoms with Gasteiger partial charge in [-0.3, -0.25) is 4.79 Å². The summed E-state index contributed by atoms with van der Waals surface area (Å²) in [5.41, 5.74) is -0.355. The van der Waals surface area contributed by atoms with Crippen molar-refractivity contribution in [3.8, 4) is 0 Å². The van der Waals surface area contributed by atoms with Gasteiger partial charge in [-0.25, -0.2) is 23.2 Å². The summed E-state index contributed by atoms with van der Waals surface area (Å²) in [6.45, 7) is 14.1. The molecular formula is C34H48F2N4O7. The lowest BCUT2D eigenvalue weighted by Crippen LogP contribution is -2.47. The van der Waals surface area contributed by atoms with Gasteiger partial charge in [-0.05, 0) is 129 Å². The molecule has 13 heteroatoms. The molecule has 11 nitrogen and oxygen atoms in total. The van der Waals surface area contributed by atoms with Crippen molar-refractivity contribution in [1.82, 2.24) is 20.9 Å². The topological polar surface area (TPSA) is 146 Å². The first-order valence-electron chi connectivity index (χ1n) is 15.7. The summed E-state index contributed by atoms with van der Waals surface area (Å²) >= 11 is 0. The summed E-state index contributed by atoms with van der Waals surface area (Å²) in [5.74, 6) is -1.94. The minimum Gasteiger partial charge on any atom is -0.478 e. The molecule has 0 aromatic heterocycles. The van der Waals surface area contributed by atoms with Crippen LogP contribution in [0, 0.1) is 11.6 Å². The van der Waals surface area contributed by atoms with Crippen molar-refractivity contribution in [2.75, 3.05) is 26.2 Å². The zero-order valence-electron chi connectivity index (χ0n) is 28.0. The van der Waals surface area contributed by atoms with Crippen molar-refractivity contribution in [3.63, 3.8) is 0 Å². The third-order valence-corrected chi connectivity index (χ3v) is 6.75. The standard InChI is InChI=1S/C17H23FN2O3.C10H20N2O2.C7H5FO2/c1-17(2,3)23-16(22)19-14-8-10-20(11-9-14)15(21)12-4-6-13(18)7-5-12;1-10(2,3)14-9(13)12-8-4-6-11-7-5-8;8-6-3-1-5(2-4-6)7(9)10/h4-7,14H,8-11H2,1-3H3,(H,19,22);8,11H,4-7H2,1-3H3,(H,12,13);1-4H,(H,9,10). The third kappa shape index (κ3) is 16.2. The van der Waals surface area contributed by atoms with Gasteiger partial charge in [0.25, 0.3) is 5.91 Å². The van der Waals surface area contributed by atoms with Gasteiger partial charge in [0, 0.05) is 30.7 Å². The van der Waals surface area contributed by atoms with Crippen LogP contribution in [-0.2, 0) is 9.47 Å². The van der Waals surface area contributed by atoms with E-state index < -0.39 is 29.1 Å². The highest BCUT2D eigenvalue weighted by Gasteiger charge is 2.26. The largest absolute Gasteiger partial charge is 0.478 e. The number of piperidine rings is 2. The van der Waals surface area contributed by atoms with E-state index in [2.05, 4.69) is 16.0 Å². The molecule has 2 fully saturated rings. The van der Waals surface area contributed by atoms with Crippen LogP contribution < -0.4 is 16.0 Å². The van der Waals surface area contributed by atoms with Crippen LogP contribution in [0.25, 0.3) is 0 Å². The number of likely N-dealkylation sites (tertiary alicyclic amines) is 1. The molecule has 2 aromatic rings. The van der Waals surface area contributed by atoms with Crippen molar-refractivity contribution in [1.29, 1.82) is 0 Å². The summed E-state index contributed by atoms with van der Waals surface area (Å²) < 4.78 is 35.5. The lowest BCUT2D eigenvalue weighted by atomic mass is 10.0. The molecule has 2 aliphatic rings. The highest BCUT2D eigenvalue weighted by molar-refractivity contribution is 5.94. The van der Waals surface area contributed by atoms with Crippen molar-refractivity contribution in [2.24, 2.45) is 0 Å². The Morgan fingerprint density at radius 2 is 1.09 bits per heavy atom. The number of halogens is 2. The third-order valence-electron chi connectivity index (χ3n) is 6.75. The number of aromatic carboxylic acids is 1. The maximum atomic E-state index is 12.9. The van der Waals surface area contributed by atoms with Crippen molar-refractivity contribution < 1.29 is 42.5 Å². The van der Waals surface area contributed by atoms with Crippen molar-refractivity contribution in [3.05, 3.63) is 71.3 Å². The smallest absolute Gasteiger partial charge is 0.407 e. The van der Waals surface area contributed by atoms with Crippen LogP contribution in [0.4, 0.5) is 18.4 Å². The first-order valence-corrected chi connectivity index (χ1v) is 15.7. The maximum Gasteiger partial charge on any atom is 0.407 e. The Kier molecular flexibility index (Phi) is 15.1. The van der Waals surface area contributed by atoms with Crippen LogP contribution >= 0.6 is 0 Å². The van der Waals surface area contributed by atoms with Crippen LogP contribution in [0.15, 0.2) is 48.5 Å². The second kappa shape index (κ2) is 18.2. The van der Waals surface area contributed by atoms with Gasteiger partial charge in [0.2, 0.25) is 0 Å². The molecule has 0 spiro atoms. The van der Waals surface area contributed by atoms with Gasteiger partial charge in [0.05, 0.1) is 5.56 Å². The number of rotatable bonds is 4. The first-order chi connectivity index (χ1) is 21.9. The molecule has 4 N–H and O–H groups in total. The van der Waals surface area contributed by atoms with Crippen LogP contribution in [0.5, 0.6) is 0 Å². The van der Waals surface area contributed by atoms with Crippen LogP contribution in [0.1, 0.15) is 87.9 Å². The summed E-state index contributed by atoms with van der Waals surface area (Å²) in [6, 6.07) is 10.5. The van der Waals surface area contributed by atoms with E-state index in [1.165, 1.54) is 36.4 Å². The van der Waals surface area contributed by atoms with Crippen LogP contribution in [-0.4, -0.2) is 83.5 Å². The highest BCUT2D eigenvalue weighted by Crippen LogP contribution is 2.16. The maximum absolute atomic E-state index is 12.9. The van der Waals surface area contributed by atoms with E-state index in [1.807, 2.05) is 41.5 Å². The highest BCUT2D eigenvalue weighted by atomic mass is 19.1. The van der Waals surface area contributed by atoms with Gasteiger partial charge in [-0.1, -0.05) is 0 Å². The van der Waals surface area contributed by atoms with Crippen LogP contribution in [0.2, 0.25) is 0 Å². The molecule has 0 radical (unpaired) electrons. The normalized spacial score (nSPS) is 15.5. The van der Waals surface area contributed by atoms with E-state index >= 15 is 0 Å². The molecule has 0 aliphatic carbocycles. The molecule has 0 atom stereocenters. The Balaban J connectivity index is 0.000000271. The Labute approximate surface area is 275 Å². The number of carboxylic acid groups (broad SMARTS) is 1. The second-order valence-corrected chi connectivity index (χ2v) is 13.2. The molecule has 0 bridgehead atoms. The van der Waals surface area contributed by atoms with Gasteiger partial charge in [-0.15, -0.1) is 0 Å². The van der Waals surface area contributed by atoms with Gasteiger partial charge < -0.3 is 35.4 Å². The number of hydrogen-bond acceptors (Lipinski definition) is 7. The van der Waals surface area contributed by atoms with E-state index in [-0.39, 0.29) is 35.5 Å². The lowest BCUT2D eigenvalue weighted by Gasteiger charge is -2.33. The predicted octanol–water partition coefficient (Wildman–Crippen LogP) is 5.74. The number of carboxylic acids is 1. The molecule has 2 aromatic carbocycles. The number of carbonyl (C=O) groups excluding carboxylic acids is 3. The van der Waals surface area contributed by atoms with Gasteiger partial charge in [0.1, 0.15) is 22.8 Å². The van der Waals surface area contributed by atoms with E-state index in [9.17, 15) is 28.0 Å². The number of nitrogens with one attached hydrogen (secondary N) is 3. The summed E-state index contributed by atoms with van der Waals surface area (Å²) in [4.78, 5) is 47.4. The van der Waals surface area contributed by atoms with Crippen LogP contribution in [0.3, 0.4) is 0 Å². The van der Waals surface area contributed by atoms with E-state index in [0.29, 0.717) is 31.5 Å². The molecule has 0 unspecified atom stereocenters. The van der Waals surface area contributed by atoms with Gasteiger partial charge >= 0.3 is 18.2 Å². The zero-order chi connectivity index (χ0) is 35.2. The number of carbonyl (C=O) groups is 4. The quantitative estimate of drug-likeness (QED) is 0.324. The number of nitrogens with zero attached hydrogens (tertiary/aromatic N) is 1. The fourth-order valence-corrected chi connectivity index (χ4v) is 4.51. The number of benzene rings is 2. The molecule has 47 heavy (non-hydrogen) atoms.